The molecule has 0 aromatic heterocycles. The lowest BCUT2D eigenvalue weighted by molar-refractivity contribution is -0.129. The number of Topliss-reactive ketones (excluding diaryl/α,β-unsaturated/α-hetero) is 1. The lowest BCUT2D eigenvalue weighted by Gasteiger charge is -2.41. The number of hydrogen-bond donors (Lipinski definition) is 3. The third-order valence-corrected chi connectivity index (χ3v) is 10.3. The molecule has 3 atom stereocenters. The summed E-state index contributed by atoms with van der Waals surface area (Å²) in [5.41, 5.74) is -1.60. The average Bonchev–Trinajstić information content (AvgIpc) is 3.40. The quantitative estimate of drug-likeness (QED) is 0.527. The Morgan fingerprint density at radius 3 is 2.25 bits per heavy atom. The predicted molar refractivity (Wildman–Crippen MR) is 127 cm³/mol. The summed E-state index contributed by atoms with van der Waals surface area (Å²) in [6, 6.07) is 7.03. The molecule has 2 saturated carbocycles. The minimum Gasteiger partial charge on any atom is -0.508 e. The summed E-state index contributed by atoms with van der Waals surface area (Å²) < 4.78 is 35.5. The number of ketones is 1. The van der Waals surface area contributed by atoms with Crippen molar-refractivity contribution in [3.63, 3.8) is 0 Å². The van der Waals surface area contributed by atoms with Crippen LogP contribution in [0.5, 0.6) is 11.5 Å². The second-order valence-electron chi connectivity index (χ2n) is 9.67. The fourth-order valence-electron chi connectivity index (χ4n) is 6.09. The Bertz CT molecular complexity index is 1140. The Labute approximate surface area is 193 Å². The normalized spacial score (nSPS) is 27.3. The first-order valence-corrected chi connectivity index (χ1v) is 13.7. The highest BCUT2D eigenvalue weighted by atomic mass is 32.2. The van der Waals surface area contributed by atoms with E-state index < -0.39 is 26.2 Å². The van der Waals surface area contributed by atoms with Gasteiger partial charge >= 0.3 is 0 Å². The van der Waals surface area contributed by atoms with Crippen molar-refractivity contribution in [3.8, 4) is 11.5 Å². The SMILES string of the molecule is C1CCSC1.CC1(C)C2CCC1(C(c1ccc(O)c3ccc(O)cc13)S(=O)(=O)O)C(=O)C2. The summed E-state index contributed by atoms with van der Waals surface area (Å²) in [7, 11) is -4.65. The van der Waals surface area contributed by atoms with Gasteiger partial charge in [0.15, 0.2) is 0 Å². The molecule has 0 spiro atoms. The molecule has 3 aliphatic rings. The zero-order chi connectivity index (χ0) is 23.3. The van der Waals surface area contributed by atoms with Crippen molar-refractivity contribution < 1.29 is 28.0 Å². The van der Waals surface area contributed by atoms with Crippen LogP contribution in [0.25, 0.3) is 10.8 Å². The summed E-state index contributed by atoms with van der Waals surface area (Å²) in [4.78, 5) is 13.0. The standard InChI is InChI=1S/C20H22O6S.C4H8S/c1-19(2)11-7-8-20(19,17(23)9-11)18(27(24,25)26)14-5-6-16(22)13-4-3-12(21)10-15(13)14;1-2-4-5-3-1/h3-6,10-11,18,21-22H,7-9H2,1-2H3,(H,24,25,26);1-4H2. The summed E-state index contributed by atoms with van der Waals surface area (Å²) >= 11 is 2.07. The first-order chi connectivity index (χ1) is 15.0. The van der Waals surface area contributed by atoms with Gasteiger partial charge in [-0.05, 0) is 83.7 Å². The molecule has 2 aromatic rings. The number of rotatable bonds is 3. The maximum atomic E-state index is 13.0. The molecule has 5 rings (SSSR count). The smallest absolute Gasteiger partial charge is 0.273 e. The summed E-state index contributed by atoms with van der Waals surface area (Å²) in [5.74, 6) is 2.60. The molecule has 1 aliphatic heterocycles. The van der Waals surface area contributed by atoms with Gasteiger partial charge in [-0.25, -0.2) is 0 Å². The van der Waals surface area contributed by atoms with E-state index in [1.165, 1.54) is 54.7 Å². The summed E-state index contributed by atoms with van der Waals surface area (Å²) in [6.45, 7) is 3.79. The van der Waals surface area contributed by atoms with Gasteiger partial charge < -0.3 is 10.2 Å². The van der Waals surface area contributed by atoms with Crippen LogP contribution in [0, 0.1) is 16.7 Å². The Morgan fingerprint density at radius 2 is 1.75 bits per heavy atom. The number of fused-ring (bicyclic) bond motifs is 3. The van der Waals surface area contributed by atoms with Crippen LogP contribution in [0.1, 0.15) is 56.8 Å². The van der Waals surface area contributed by atoms with Crippen molar-refractivity contribution in [1.29, 1.82) is 0 Å². The van der Waals surface area contributed by atoms with Gasteiger partial charge in [-0.2, -0.15) is 20.2 Å². The molecule has 2 bridgehead atoms. The number of thioether (sulfide) groups is 1. The lowest BCUT2D eigenvalue weighted by Crippen LogP contribution is -2.44. The minimum atomic E-state index is -4.65. The molecule has 2 aromatic carbocycles. The van der Waals surface area contributed by atoms with Crippen LogP contribution in [0.2, 0.25) is 0 Å². The molecule has 1 heterocycles. The van der Waals surface area contributed by atoms with E-state index in [1.54, 1.807) is 0 Å². The third-order valence-electron chi connectivity index (χ3n) is 7.85. The van der Waals surface area contributed by atoms with Gasteiger partial charge in [0.05, 0.1) is 5.41 Å². The van der Waals surface area contributed by atoms with E-state index in [2.05, 4.69) is 11.8 Å². The first kappa shape index (κ1) is 23.4. The van der Waals surface area contributed by atoms with Gasteiger partial charge in [-0.1, -0.05) is 19.9 Å². The lowest BCUT2D eigenvalue weighted by atomic mass is 9.65. The highest BCUT2D eigenvalue weighted by Gasteiger charge is 2.70. The number of carbonyl (C=O) groups excluding carboxylic acids is 1. The molecule has 0 radical (unpaired) electrons. The first-order valence-electron chi connectivity index (χ1n) is 11.0. The number of aromatic hydroxyl groups is 2. The summed E-state index contributed by atoms with van der Waals surface area (Å²) in [5, 5.41) is 19.3. The molecule has 3 N–H and O–H groups in total. The van der Waals surface area contributed by atoms with Gasteiger partial charge in [0.25, 0.3) is 10.1 Å². The minimum absolute atomic E-state index is 0.0679. The van der Waals surface area contributed by atoms with Crippen LogP contribution in [-0.4, -0.2) is 40.5 Å². The fraction of sp³-hybridized carbons (Fsp3) is 0.542. The second-order valence-corrected chi connectivity index (χ2v) is 12.4. The van der Waals surface area contributed by atoms with Crippen molar-refractivity contribution in [2.45, 2.75) is 51.2 Å². The van der Waals surface area contributed by atoms with Crippen molar-refractivity contribution in [1.82, 2.24) is 0 Å². The Kier molecular flexibility index (Phi) is 6.01. The molecule has 1 saturated heterocycles. The number of phenols is 2. The Morgan fingerprint density at radius 1 is 1.06 bits per heavy atom. The second kappa shape index (κ2) is 8.22. The van der Waals surface area contributed by atoms with E-state index in [1.807, 2.05) is 13.8 Å². The molecule has 6 nitrogen and oxygen atoms in total. The maximum absolute atomic E-state index is 13.0. The third kappa shape index (κ3) is 3.60. The number of phenolic OH excluding ortho intramolecular Hbond substituents is 2. The Balaban J connectivity index is 0.000000433. The van der Waals surface area contributed by atoms with Crippen LogP contribution in [0.15, 0.2) is 30.3 Å². The fourth-order valence-corrected chi connectivity index (χ4v) is 8.70. The largest absolute Gasteiger partial charge is 0.508 e. The highest BCUT2D eigenvalue weighted by molar-refractivity contribution is 7.99. The molecular formula is C24H30O6S2. The molecule has 174 valence electrons. The van der Waals surface area contributed by atoms with Crippen molar-refractivity contribution in [2.75, 3.05) is 11.5 Å². The molecule has 3 fully saturated rings. The molecule has 3 unspecified atom stereocenters. The topological polar surface area (TPSA) is 112 Å². The average molecular weight is 479 g/mol. The van der Waals surface area contributed by atoms with E-state index in [-0.39, 0.29) is 28.8 Å². The van der Waals surface area contributed by atoms with Gasteiger partial charge in [0, 0.05) is 11.8 Å². The van der Waals surface area contributed by atoms with Crippen molar-refractivity contribution in [3.05, 3.63) is 35.9 Å². The predicted octanol–water partition coefficient (Wildman–Crippen LogP) is 5.09. The highest BCUT2D eigenvalue weighted by Crippen LogP contribution is 2.70. The van der Waals surface area contributed by atoms with E-state index in [0.29, 0.717) is 23.6 Å². The molecule has 2 aliphatic carbocycles. The van der Waals surface area contributed by atoms with E-state index >= 15 is 0 Å². The monoisotopic (exact) mass is 478 g/mol. The van der Waals surface area contributed by atoms with Crippen LogP contribution in [-0.2, 0) is 14.9 Å². The summed E-state index contributed by atoms with van der Waals surface area (Å²) in [6.07, 6.45) is 4.34. The van der Waals surface area contributed by atoms with Crippen molar-refractivity contribution >= 4 is 38.4 Å². The molecule has 8 heteroatoms. The molecule has 32 heavy (non-hydrogen) atoms. The van der Waals surface area contributed by atoms with E-state index in [9.17, 15) is 28.0 Å². The Hall–Kier alpha value is -1.77. The zero-order valence-corrected chi connectivity index (χ0v) is 20.0. The molecule has 0 amide bonds. The van der Waals surface area contributed by atoms with Gasteiger partial charge in [-0.3, -0.25) is 9.35 Å². The number of hydrogen-bond acceptors (Lipinski definition) is 6. The van der Waals surface area contributed by atoms with Gasteiger partial charge in [0.2, 0.25) is 0 Å². The van der Waals surface area contributed by atoms with Crippen LogP contribution < -0.4 is 0 Å². The molecular weight excluding hydrogens is 448 g/mol. The van der Waals surface area contributed by atoms with Crippen LogP contribution >= 0.6 is 11.8 Å². The van der Waals surface area contributed by atoms with Crippen LogP contribution in [0.4, 0.5) is 0 Å². The maximum Gasteiger partial charge on any atom is 0.273 e. The number of benzene rings is 2. The van der Waals surface area contributed by atoms with E-state index in [4.69, 9.17) is 0 Å². The van der Waals surface area contributed by atoms with Crippen molar-refractivity contribution in [2.24, 2.45) is 16.7 Å². The van der Waals surface area contributed by atoms with Gasteiger partial charge in [0.1, 0.15) is 22.5 Å². The number of carbonyl (C=O) groups is 1. The van der Waals surface area contributed by atoms with Gasteiger partial charge in [-0.15, -0.1) is 0 Å². The van der Waals surface area contributed by atoms with Crippen LogP contribution in [0.3, 0.4) is 0 Å². The van der Waals surface area contributed by atoms with E-state index in [0.717, 1.165) is 6.42 Å². The zero-order valence-electron chi connectivity index (χ0n) is 18.4.